The summed E-state index contributed by atoms with van der Waals surface area (Å²) < 4.78 is 0. The van der Waals surface area contributed by atoms with Crippen LogP contribution in [0.25, 0.3) is 0 Å². The zero-order valence-corrected chi connectivity index (χ0v) is 20.1. The summed E-state index contributed by atoms with van der Waals surface area (Å²) in [5.74, 6) is -0.463. The third-order valence-corrected chi connectivity index (χ3v) is 5.25. The van der Waals surface area contributed by atoms with Crippen molar-refractivity contribution in [2.24, 2.45) is 10.2 Å². The standard InChI is InChI=1S/C24H28N6O6/c1-17(19-9-13-21(14-10-19)29(33)34)25-27-23(31)7-5-3-4-6-8-24(32)28-26-18(2)20-11-15-22(16-12-20)30(35)36/h9-16H,3-8H2,1-2H3,(H,27,31)(H,28,32). The molecule has 0 saturated heterocycles. The average molecular weight is 497 g/mol. The van der Waals surface area contributed by atoms with Gasteiger partial charge in [0.05, 0.1) is 21.3 Å². The van der Waals surface area contributed by atoms with Crippen LogP contribution in [0.2, 0.25) is 0 Å². The minimum absolute atomic E-state index is 0.0156. The molecule has 0 spiro atoms. The molecule has 0 aliphatic heterocycles. The molecule has 190 valence electrons. The van der Waals surface area contributed by atoms with Gasteiger partial charge in [-0.1, -0.05) is 12.8 Å². The second kappa shape index (κ2) is 14.0. The topological polar surface area (TPSA) is 169 Å². The van der Waals surface area contributed by atoms with Crippen LogP contribution in [0.15, 0.2) is 58.7 Å². The number of hydrogen-bond acceptors (Lipinski definition) is 8. The Morgan fingerprint density at radius 3 is 1.31 bits per heavy atom. The Balaban J connectivity index is 1.61. The van der Waals surface area contributed by atoms with Crippen molar-refractivity contribution in [2.45, 2.75) is 52.4 Å². The van der Waals surface area contributed by atoms with Crippen molar-refractivity contribution in [3.63, 3.8) is 0 Å². The molecule has 0 aromatic heterocycles. The third-order valence-electron chi connectivity index (χ3n) is 5.25. The lowest BCUT2D eigenvalue weighted by molar-refractivity contribution is -0.385. The van der Waals surface area contributed by atoms with Crippen molar-refractivity contribution in [2.75, 3.05) is 0 Å². The maximum Gasteiger partial charge on any atom is 0.269 e. The molecule has 0 atom stereocenters. The Hall–Kier alpha value is -4.48. The van der Waals surface area contributed by atoms with Crippen molar-refractivity contribution < 1.29 is 19.4 Å². The van der Waals surface area contributed by atoms with E-state index in [4.69, 9.17) is 0 Å². The number of carbonyl (C=O) groups is 2. The van der Waals surface area contributed by atoms with Crippen LogP contribution in [-0.2, 0) is 9.59 Å². The van der Waals surface area contributed by atoms with E-state index in [9.17, 15) is 29.8 Å². The van der Waals surface area contributed by atoms with E-state index in [2.05, 4.69) is 21.1 Å². The Morgan fingerprint density at radius 2 is 1.00 bits per heavy atom. The van der Waals surface area contributed by atoms with Gasteiger partial charge in [-0.15, -0.1) is 0 Å². The van der Waals surface area contributed by atoms with E-state index in [0.717, 1.165) is 12.8 Å². The molecule has 0 aliphatic carbocycles. The molecule has 12 heteroatoms. The highest BCUT2D eigenvalue weighted by Gasteiger charge is 2.08. The number of carbonyl (C=O) groups excluding carboxylic acids is 2. The molecule has 2 rings (SSSR count). The first-order valence-corrected chi connectivity index (χ1v) is 11.3. The second-order valence-electron chi connectivity index (χ2n) is 7.99. The third kappa shape index (κ3) is 9.41. The van der Waals surface area contributed by atoms with E-state index in [0.29, 0.717) is 48.2 Å². The molecule has 0 fully saturated rings. The van der Waals surface area contributed by atoms with Crippen LogP contribution in [0.4, 0.5) is 11.4 Å². The molecule has 2 N–H and O–H groups in total. The Bertz CT molecular complexity index is 1050. The number of hydrazone groups is 2. The van der Waals surface area contributed by atoms with Crippen LogP contribution >= 0.6 is 0 Å². The molecule has 36 heavy (non-hydrogen) atoms. The Kier molecular flexibility index (Phi) is 10.8. The van der Waals surface area contributed by atoms with Gasteiger partial charge in [-0.3, -0.25) is 29.8 Å². The SMILES string of the molecule is CC(=NNC(=O)CCCCCCC(=O)NN=C(C)c1ccc([N+](=O)[O-])cc1)c1ccc([N+](=O)[O-])cc1. The van der Waals surface area contributed by atoms with Crippen LogP contribution in [0.1, 0.15) is 63.5 Å². The zero-order chi connectivity index (χ0) is 26.5. The fourth-order valence-corrected chi connectivity index (χ4v) is 3.11. The first kappa shape index (κ1) is 27.8. The number of nitro groups is 2. The van der Waals surface area contributed by atoms with E-state index in [1.54, 1.807) is 38.1 Å². The summed E-state index contributed by atoms with van der Waals surface area (Å²) >= 11 is 0. The fourth-order valence-electron chi connectivity index (χ4n) is 3.11. The molecule has 0 saturated carbocycles. The Labute approximate surface area is 207 Å². The quantitative estimate of drug-likeness (QED) is 0.182. The monoisotopic (exact) mass is 496 g/mol. The summed E-state index contributed by atoms with van der Waals surface area (Å²) in [6.07, 6.45) is 3.44. The predicted molar refractivity (Wildman–Crippen MR) is 135 cm³/mol. The van der Waals surface area contributed by atoms with Crippen molar-refractivity contribution in [1.82, 2.24) is 10.9 Å². The maximum atomic E-state index is 12.0. The predicted octanol–water partition coefficient (Wildman–Crippen LogP) is 4.22. The summed E-state index contributed by atoms with van der Waals surface area (Å²) in [6.45, 7) is 3.40. The van der Waals surface area contributed by atoms with E-state index < -0.39 is 9.85 Å². The molecular formula is C24H28N6O6. The van der Waals surface area contributed by atoms with Crippen LogP contribution in [-0.4, -0.2) is 33.1 Å². The number of amides is 2. The molecule has 2 amide bonds. The lowest BCUT2D eigenvalue weighted by atomic mass is 10.1. The normalized spacial score (nSPS) is 11.6. The van der Waals surface area contributed by atoms with Gasteiger partial charge in [-0.05, 0) is 62.1 Å². The molecular weight excluding hydrogens is 468 g/mol. The van der Waals surface area contributed by atoms with Gasteiger partial charge in [-0.25, -0.2) is 10.9 Å². The summed E-state index contributed by atoms with van der Waals surface area (Å²) in [5.41, 5.74) is 7.35. The molecule has 0 bridgehead atoms. The molecule has 0 heterocycles. The van der Waals surface area contributed by atoms with E-state index in [1.165, 1.54) is 24.3 Å². The number of unbranched alkanes of at least 4 members (excludes halogenated alkanes) is 3. The fraction of sp³-hybridized carbons (Fsp3) is 0.333. The first-order valence-electron chi connectivity index (χ1n) is 11.3. The molecule has 0 unspecified atom stereocenters. The summed E-state index contributed by atoms with van der Waals surface area (Å²) in [4.78, 5) is 44.4. The van der Waals surface area contributed by atoms with E-state index in [-0.39, 0.29) is 23.2 Å². The summed E-state index contributed by atoms with van der Waals surface area (Å²) in [5, 5.41) is 29.5. The molecule has 2 aromatic rings. The number of hydrogen-bond donors (Lipinski definition) is 2. The van der Waals surface area contributed by atoms with Gasteiger partial charge in [0.2, 0.25) is 11.8 Å². The second-order valence-corrected chi connectivity index (χ2v) is 7.99. The van der Waals surface area contributed by atoms with Crippen molar-refractivity contribution >= 4 is 34.6 Å². The smallest absolute Gasteiger partial charge is 0.269 e. The van der Waals surface area contributed by atoms with E-state index in [1.807, 2.05) is 0 Å². The van der Waals surface area contributed by atoms with Gasteiger partial charge in [0.1, 0.15) is 0 Å². The molecule has 0 aliphatic rings. The minimum Gasteiger partial charge on any atom is -0.273 e. The average Bonchev–Trinajstić information content (AvgIpc) is 2.87. The van der Waals surface area contributed by atoms with Crippen LogP contribution in [0, 0.1) is 20.2 Å². The largest absolute Gasteiger partial charge is 0.273 e. The molecule has 12 nitrogen and oxygen atoms in total. The number of nitro benzene ring substituents is 2. The van der Waals surface area contributed by atoms with Crippen molar-refractivity contribution in [1.29, 1.82) is 0 Å². The van der Waals surface area contributed by atoms with Crippen LogP contribution < -0.4 is 10.9 Å². The highest BCUT2D eigenvalue weighted by atomic mass is 16.6. The van der Waals surface area contributed by atoms with Gasteiger partial charge >= 0.3 is 0 Å². The van der Waals surface area contributed by atoms with Crippen LogP contribution in [0.3, 0.4) is 0 Å². The van der Waals surface area contributed by atoms with Crippen LogP contribution in [0.5, 0.6) is 0 Å². The Morgan fingerprint density at radius 1 is 0.667 bits per heavy atom. The lowest BCUT2D eigenvalue weighted by Gasteiger charge is -2.04. The van der Waals surface area contributed by atoms with Gasteiger partial charge < -0.3 is 0 Å². The summed E-state index contributed by atoms with van der Waals surface area (Å²) in [6, 6.07) is 11.8. The summed E-state index contributed by atoms with van der Waals surface area (Å²) in [7, 11) is 0. The maximum absolute atomic E-state index is 12.0. The van der Waals surface area contributed by atoms with E-state index >= 15 is 0 Å². The van der Waals surface area contributed by atoms with Crippen molar-refractivity contribution in [3.05, 3.63) is 79.9 Å². The first-order chi connectivity index (χ1) is 17.2. The van der Waals surface area contributed by atoms with Gasteiger partial charge in [0.25, 0.3) is 11.4 Å². The number of nitrogens with zero attached hydrogens (tertiary/aromatic N) is 4. The highest BCUT2D eigenvalue weighted by molar-refractivity contribution is 6.00. The number of rotatable bonds is 13. The molecule has 2 aromatic carbocycles. The number of benzene rings is 2. The molecule has 0 radical (unpaired) electrons. The van der Waals surface area contributed by atoms with Crippen molar-refractivity contribution in [3.8, 4) is 0 Å². The highest BCUT2D eigenvalue weighted by Crippen LogP contribution is 2.13. The van der Waals surface area contributed by atoms with Gasteiger partial charge in [0.15, 0.2) is 0 Å². The number of non-ortho nitro benzene ring substituents is 2. The lowest BCUT2D eigenvalue weighted by Crippen LogP contribution is -2.19. The van der Waals surface area contributed by atoms with Gasteiger partial charge in [-0.2, -0.15) is 10.2 Å². The van der Waals surface area contributed by atoms with Gasteiger partial charge in [0, 0.05) is 37.1 Å². The zero-order valence-electron chi connectivity index (χ0n) is 20.1. The minimum atomic E-state index is -0.482. The number of nitrogens with one attached hydrogen (secondary N) is 2.